The van der Waals surface area contributed by atoms with Gasteiger partial charge in [-0.15, -0.1) is 0 Å². The van der Waals surface area contributed by atoms with E-state index in [9.17, 15) is 22.8 Å². The largest absolute Gasteiger partial charge is 0.484 e. The Hall–Kier alpha value is -3.73. The van der Waals surface area contributed by atoms with Gasteiger partial charge in [0.25, 0.3) is 11.5 Å². The van der Waals surface area contributed by atoms with Gasteiger partial charge in [0.2, 0.25) is 4.96 Å². The van der Waals surface area contributed by atoms with Crippen molar-refractivity contribution in [2.24, 2.45) is 0 Å². The number of hydrogen-bond donors (Lipinski definition) is 1. The van der Waals surface area contributed by atoms with Gasteiger partial charge in [-0.05, 0) is 25.1 Å². The molecule has 33 heavy (non-hydrogen) atoms. The normalized spacial score (nSPS) is 11.5. The van der Waals surface area contributed by atoms with E-state index in [1.165, 1.54) is 34.1 Å². The van der Waals surface area contributed by atoms with Crippen molar-refractivity contribution in [3.8, 4) is 16.3 Å². The zero-order chi connectivity index (χ0) is 23.6. The summed E-state index contributed by atoms with van der Waals surface area (Å²) in [6.45, 7) is 1.44. The second-order valence-electron chi connectivity index (χ2n) is 7.14. The minimum Gasteiger partial charge on any atom is -0.484 e. The molecule has 4 aromatic rings. The van der Waals surface area contributed by atoms with Crippen molar-refractivity contribution in [3.63, 3.8) is 0 Å². The molecule has 11 heteroatoms. The fourth-order valence-corrected chi connectivity index (χ4v) is 3.84. The molecule has 7 nitrogen and oxygen atoms in total. The molecule has 0 fully saturated rings. The van der Waals surface area contributed by atoms with Gasteiger partial charge in [0.15, 0.2) is 6.61 Å². The zero-order valence-corrected chi connectivity index (χ0v) is 18.0. The van der Waals surface area contributed by atoms with Gasteiger partial charge in [-0.3, -0.25) is 9.59 Å². The lowest BCUT2D eigenvalue weighted by Crippen LogP contribution is -2.29. The smallest absolute Gasteiger partial charge is 0.416 e. The Kier molecular flexibility index (Phi) is 6.14. The summed E-state index contributed by atoms with van der Waals surface area (Å²) >= 11 is 1.24. The number of hydrogen-bond acceptors (Lipinski definition) is 6. The van der Waals surface area contributed by atoms with Crippen LogP contribution in [0.25, 0.3) is 15.5 Å². The molecule has 0 saturated heterocycles. The van der Waals surface area contributed by atoms with Crippen molar-refractivity contribution < 1.29 is 22.7 Å². The molecule has 0 unspecified atom stereocenters. The fraction of sp³-hybridized carbons (Fsp3) is 0.182. The summed E-state index contributed by atoms with van der Waals surface area (Å²) in [5.74, 6) is -0.648. The van der Waals surface area contributed by atoms with Crippen molar-refractivity contribution in [2.75, 3.05) is 6.61 Å². The zero-order valence-electron chi connectivity index (χ0n) is 17.2. The van der Waals surface area contributed by atoms with Gasteiger partial charge >= 0.3 is 6.18 Å². The lowest BCUT2D eigenvalue weighted by molar-refractivity contribution is -0.137. The van der Waals surface area contributed by atoms with Crippen LogP contribution in [0.15, 0.2) is 59.4 Å². The highest BCUT2D eigenvalue weighted by Crippen LogP contribution is 2.31. The van der Waals surface area contributed by atoms with Crippen molar-refractivity contribution in [2.45, 2.75) is 19.6 Å². The molecule has 4 rings (SSSR count). The van der Waals surface area contributed by atoms with E-state index in [4.69, 9.17) is 4.74 Å². The van der Waals surface area contributed by atoms with Crippen LogP contribution < -0.4 is 15.6 Å². The van der Waals surface area contributed by atoms with E-state index in [2.05, 4.69) is 15.4 Å². The molecule has 1 amide bonds. The van der Waals surface area contributed by atoms with Gasteiger partial charge in [0.1, 0.15) is 10.8 Å². The van der Waals surface area contributed by atoms with E-state index in [1.807, 2.05) is 31.2 Å². The highest BCUT2D eigenvalue weighted by atomic mass is 32.1. The van der Waals surface area contributed by atoms with Crippen LogP contribution in [0.5, 0.6) is 5.75 Å². The summed E-state index contributed by atoms with van der Waals surface area (Å²) in [7, 11) is 0. The van der Waals surface area contributed by atoms with Crippen LogP contribution in [0.4, 0.5) is 13.2 Å². The van der Waals surface area contributed by atoms with Crippen molar-refractivity contribution >= 4 is 22.2 Å². The molecule has 0 atom stereocenters. The molecule has 2 aromatic carbocycles. The molecular weight excluding hydrogens is 457 g/mol. The summed E-state index contributed by atoms with van der Waals surface area (Å²) in [5, 5.41) is 7.48. The first-order valence-corrected chi connectivity index (χ1v) is 10.5. The van der Waals surface area contributed by atoms with Crippen LogP contribution >= 0.6 is 11.3 Å². The number of aryl methyl sites for hydroxylation is 1. The number of ether oxygens (including phenoxy) is 1. The van der Waals surface area contributed by atoms with Gasteiger partial charge in [-0.25, -0.2) is 4.98 Å². The highest BCUT2D eigenvalue weighted by molar-refractivity contribution is 7.19. The summed E-state index contributed by atoms with van der Waals surface area (Å²) in [6, 6.07) is 13.2. The number of nitrogens with zero attached hydrogens (tertiary/aromatic N) is 3. The second-order valence-corrected chi connectivity index (χ2v) is 8.10. The Morgan fingerprint density at radius 1 is 1.15 bits per heavy atom. The number of amides is 1. The minimum atomic E-state index is -4.50. The topological polar surface area (TPSA) is 85.6 Å². The fourth-order valence-electron chi connectivity index (χ4n) is 2.91. The van der Waals surface area contributed by atoms with Crippen LogP contribution in [0.3, 0.4) is 0 Å². The number of nitrogens with one attached hydrogen (secondary N) is 1. The van der Waals surface area contributed by atoms with Gasteiger partial charge in [0.05, 0.1) is 17.8 Å². The third-order valence-corrected chi connectivity index (χ3v) is 5.55. The van der Waals surface area contributed by atoms with Crippen molar-refractivity contribution in [1.29, 1.82) is 0 Å². The Balaban J connectivity index is 1.40. The van der Waals surface area contributed by atoms with Crippen LogP contribution in [0.2, 0.25) is 0 Å². The first-order valence-electron chi connectivity index (χ1n) is 9.73. The number of carbonyl (C=O) groups is 1. The first-order chi connectivity index (χ1) is 15.7. The van der Waals surface area contributed by atoms with E-state index >= 15 is 0 Å². The lowest BCUT2D eigenvalue weighted by Gasteiger charge is -2.10. The van der Waals surface area contributed by atoms with Crippen LogP contribution in [0, 0.1) is 6.92 Å². The van der Waals surface area contributed by atoms with Crippen LogP contribution in [0.1, 0.15) is 16.8 Å². The maximum Gasteiger partial charge on any atom is 0.416 e. The summed E-state index contributed by atoms with van der Waals surface area (Å²) in [5.41, 5.74) is 1.03. The van der Waals surface area contributed by atoms with E-state index in [0.29, 0.717) is 15.7 Å². The molecule has 0 spiro atoms. The average molecular weight is 474 g/mol. The predicted molar refractivity (Wildman–Crippen MR) is 116 cm³/mol. The maximum atomic E-state index is 12.8. The number of aromatic nitrogens is 3. The number of fused-ring (bicyclic) bond motifs is 1. The maximum absolute atomic E-state index is 12.8. The molecule has 0 bridgehead atoms. The van der Waals surface area contributed by atoms with E-state index in [1.54, 1.807) is 0 Å². The van der Waals surface area contributed by atoms with Gasteiger partial charge in [-0.1, -0.05) is 47.2 Å². The van der Waals surface area contributed by atoms with Crippen LogP contribution in [-0.2, 0) is 17.5 Å². The quantitative estimate of drug-likeness (QED) is 0.459. The molecule has 0 aliphatic carbocycles. The summed E-state index contributed by atoms with van der Waals surface area (Å²) in [6.07, 6.45) is -4.50. The van der Waals surface area contributed by atoms with Crippen LogP contribution in [-0.4, -0.2) is 27.1 Å². The molecule has 2 heterocycles. The molecule has 0 aliphatic heterocycles. The summed E-state index contributed by atoms with van der Waals surface area (Å²) < 4.78 is 44.6. The third kappa shape index (κ3) is 5.37. The number of benzene rings is 2. The number of halogens is 3. The SMILES string of the molecule is Cc1ccc(-c2nn3c(=O)cc(CNC(=O)COc4cccc(C(F)(F)F)c4)nc3s2)cc1. The number of alkyl halides is 3. The van der Waals surface area contributed by atoms with Gasteiger partial charge < -0.3 is 10.1 Å². The Morgan fingerprint density at radius 2 is 1.91 bits per heavy atom. The summed E-state index contributed by atoms with van der Waals surface area (Å²) in [4.78, 5) is 29.2. The Labute approximate surface area is 189 Å². The minimum absolute atomic E-state index is 0.0473. The van der Waals surface area contributed by atoms with Crippen molar-refractivity contribution in [3.05, 3.63) is 81.8 Å². The lowest BCUT2D eigenvalue weighted by atomic mass is 10.2. The average Bonchev–Trinajstić information content (AvgIpc) is 3.21. The standard InChI is InChI=1S/C22H17F3N4O3S/c1-13-5-7-14(8-6-13)20-28-29-19(31)10-16(27-21(29)33-20)11-26-18(30)12-32-17-4-2-3-15(9-17)22(23,24)25/h2-10H,11-12H2,1H3,(H,26,30). The van der Waals surface area contributed by atoms with E-state index < -0.39 is 24.3 Å². The molecule has 1 N–H and O–H groups in total. The van der Waals surface area contributed by atoms with E-state index in [0.717, 1.165) is 23.3 Å². The number of carbonyl (C=O) groups excluding carboxylic acids is 1. The predicted octanol–water partition coefficient (Wildman–Crippen LogP) is 3.84. The molecule has 170 valence electrons. The Bertz CT molecular complexity index is 1360. The highest BCUT2D eigenvalue weighted by Gasteiger charge is 2.30. The third-order valence-electron chi connectivity index (χ3n) is 4.59. The molecular formula is C22H17F3N4O3S. The van der Waals surface area contributed by atoms with Gasteiger partial charge in [-0.2, -0.15) is 22.8 Å². The molecule has 0 aliphatic rings. The second kappa shape index (κ2) is 9.02. The monoisotopic (exact) mass is 474 g/mol. The van der Waals surface area contributed by atoms with Gasteiger partial charge in [0, 0.05) is 11.6 Å². The van der Waals surface area contributed by atoms with Crippen molar-refractivity contribution in [1.82, 2.24) is 19.9 Å². The number of rotatable bonds is 6. The molecule has 2 aromatic heterocycles. The van der Waals surface area contributed by atoms with E-state index in [-0.39, 0.29) is 17.9 Å². The molecule has 0 saturated carbocycles. The molecule has 0 radical (unpaired) electrons. The first kappa shape index (κ1) is 22.5. The Morgan fingerprint density at radius 3 is 2.64 bits per heavy atom.